The fourth-order valence-electron chi connectivity index (χ4n) is 3.20. The molecule has 6 nitrogen and oxygen atoms in total. The Labute approximate surface area is 150 Å². The smallest absolute Gasteiger partial charge is 0.335 e. The average molecular weight is 362 g/mol. The number of hydrogen-bond acceptors (Lipinski definition) is 4. The lowest BCUT2D eigenvalue weighted by atomic mass is 10.00. The van der Waals surface area contributed by atoms with Gasteiger partial charge in [-0.15, -0.1) is 0 Å². The van der Waals surface area contributed by atoms with Gasteiger partial charge < -0.3 is 9.47 Å². The van der Waals surface area contributed by atoms with Gasteiger partial charge in [0.05, 0.1) is 12.7 Å². The molecule has 140 valence electrons. The van der Waals surface area contributed by atoms with Crippen LogP contribution in [0.15, 0.2) is 52.2 Å². The highest BCUT2D eigenvalue weighted by atomic mass is 19.1. The first-order valence-corrected chi connectivity index (χ1v) is 8.76. The van der Waals surface area contributed by atoms with E-state index in [1.54, 1.807) is 6.92 Å². The molecule has 0 unspecified atom stereocenters. The Morgan fingerprint density at radius 3 is 2.58 bits per heavy atom. The first-order valence-electron chi connectivity index (χ1n) is 8.76. The topological polar surface area (TPSA) is 62.5 Å². The molecule has 2 heterocycles. The zero-order valence-corrected chi connectivity index (χ0v) is 14.9. The van der Waals surface area contributed by atoms with E-state index in [0.717, 1.165) is 14.7 Å². The van der Waals surface area contributed by atoms with Crippen LogP contribution in [0.4, 0.5) is 4.39 Å². The summed E-state index contributed by atoms with van der Waals surface area (Å²) in [6.07, 6.45) is -0.638. The number of rotatable bonds is 6. The second-order valence-electron chi connectivity index (χ2n) is 6.51. The Balaban J connectivity index is 1.79. The van der Waals surface area contributed by atoms with Crippen LogP contribution in [0.25, 0.3) is 0 Å². The van der Waals surface area contributed by atoms with Crippen molar-refractivity contribution in [2.45, 2.75) is 52.1 Å². The second kappa shape index (κ2) is 7.97. The van der Waals surface area contributed by atoms with Crippen molar-refractivity contribution in [3.8, 4) is 0 Å². The van der Waals surface area contributed by atoms with Gasteiger partial charge in [-0.05, 0) is 12.0 Å². The Bertz CT molecular complexity index is 849. The van der Waals surface area contributed by atoms with Gasteiger partial charge in [0.2, 0.25) is 0 Å². The number of hydrogen-bond donors (Lipinski definition) is 0. The van der Waals surface area contributed by atoms with E-state index in [1.807, 2.05) is 37.3 Å². The van der Waals surface area contributed by atoms with Crippen molar-refractivity contribution >= 4 is 0 Å². The molecule has 26 heavy (non-hydrogen) atoms. The van der Waals surface area contributed by atoms with Crippen molar-refractivity contribution in [1.82, 2.24) is 9.13 Å². The molecule has 3 rings (SSSR count). The maximum absolute atomic E-state index is 14.6. The largest absolute Gasteiger partial charge is 0.356 e. The molecular formula is C19H23FN2O4. The van der Waals surface area contributed by atoms with Crippen molar-refractivity contribution in [3.05, 3.63) is 69.0 Å². The van der Waals surface area contributed by atoms with E-state index < -0.39 is 23.6 Å². The monoisotopic (exact) mass is 362 g/mol. The molecule has 0 N–H and O–H groups in total. The summed E-state index contributed by atoms with van der Waals surface area (Å²) >= 11 is 0. The Hall–Kier alpha value is -2.25. The predicted octanol–water partition coefficient (Wildman–Crippen LogP) is 2.47. The summed E-state index contributed by atoms with van der Waals surface area (Å²) in [4.78, 5) is 24.7. The number of benzene rings is 1. The lowest BCUT2D eigenvalue weighted by molar-refractivity contribution is -0.0263. The standard InChI is InChI=1S/C19H23FN2O4/c1-3-15-13(2)17(20)18(26-15)21-10-9-16(23)22(19(21)24)12-25-11-14-7-5-4-6-8-14/h4-10,13,15,17-18H,3,11-12H2,1-2H3/t13-,15-,17+,18+/m0/s1. The lowest BCUT2D eigenvalue weighted by Gasteiger charge is -2.18. The molecule has 1 saturated heterocycles. The zero-order valence-electron chi connectivity index (χ0n) is 14.9. The van der Waals surface area contributed by atoms with Crippen LogP contribution < -0.4 is 11.2 Å². The van der Waals surface area contributed by atoms with Crippen molar-refractivity contribution in [2.75, 3.05) is 0 Å². The third-order valence-corrected chi connectivity index (χ3v) is 4.78. The summed E-state index contributed by atoms with van der Waals surface area (Å²) < 4.78 is 27.9. The van der Waals surface area contributed by atoms with Crippen LogP contribution >= 0.6 is 0 Å². The highest BCUT2D eigenvalue weighted by molar-refractivity contribution is 5.13. The van der Waals surface area contributed by atoms with Crippen LogP contribution in [-0.2, 0) is 22.8 Å². The molecule has 0 aliphatic carbocycles. The number of nitrogens with zero attached hydrogens (tertiary/aromatic N) is 2. The molecule has 1 aromatic carbocycles. The minimum atomic E-state index is -1.31. The third-order valence-electron chi connectivity index (χ3n) is 4.78. The summed E-state index contributed by atoms with van der Waals surface area (Å²) in [7, 11) is 0. The third kappa shape index (κ3) is 3.64. The molecule has 7 heteroatoms. The molecule has 1 aliphatic rings. The van der Waals surface area contributed by atoms with Gasteiger partial charge in [-0.25, -0.2) is 13.8 Å². The number of alkyl halides is 1. The molecule has 1 aromatic heterocycles. The van der Waals surface area contributed by atoms with E-state index in [9.17, 15) is 14.0 Å². The molecular weight excluding hydrogens is 339 g/mol. The van der Waals surface area contributed by atoms with Crippen LogP contribution in [0.2, 0.25) is 0 Å². The Kier molecular flexibility index (Phi) is 5.68. The molecule has 0 bridgehead atoms. The SMILES string of the molecule is CC[C@@H]1O[C@@H](n2ccc(=O)n(COCc3ccccc3)c2=O)[C@H](F)[C@H]1C. The van der Waals surface area contributed by atoms with Crippen LogP contribution in [0, 0.1) is 5.92 Å². The fourth-order valence-corrected chi connectivity index (χ4v) is 3.20. The molecule has 4 atom stereocenters. The van der Waals surface area contributed by atoms with Gasteiger partial charge in [-0.3, -0.25) is 9.36 Å². The van der Waals surface area contributed by atoms with E-state index in [0.29, 0.717) is 6.42 Å². The van der Waals surface area contributed by atoms with Crippen LogP contribution in [0.5, 0.6) is 0 Å². The highest BCUT2D eigenvalue weighted by Gasteiger charge is 2.42. The first kappa shape index (κ1) is 18.5. The average Bonchev–Trinajstić information content (AvgIpc) is 2.93. The van der Waals surface area contributed by atoms with Gasteiger partial charge >= 0.3 is 5.69 Å². The fraction of sp³-hybridized carbons (Fsp3) is 0.474. The van der Waals surface area contributed by atoms with E-state index in [-0.39, 0.29) is 25.4 Å². The number of ether oxygens (including phenoxy) is 2. The number of halogens is 1. The van der Waals surface area contributed by atoms with Gasteiger partial charge in [0, 0.05) is 18.2 Å². The van der Waals surface area contributed by atoms with Gasteiger partial charge in [0.25, 0.3) is 5.56 Å². The van der Waals surface area contributed by atoms with Crippen molar-refractivity contribution in [2.24, 2.45) is 5.92 Å². The van der Waals surface area contributed by atoms with Crippen LogP contribution in [-0.4, -0.2) is 21.4 Å². The molecule has 1 aliphatic heterocycles. The molecule has 2 aromatic rings. The lowest BCUT2D eigenvalue weighted by Crippen LogP contribution is -2.42. The number of aromatic nitrogens is 2. The predicted molar refractivity (Wildman–Crippen MR) is 94.5 cm³/mol. The Morgan fingerprint density at radius 2 is 1.92 bits per heavy atom. The second-order valence-corrected chi connectivity index (χ2v) is 6.51. The molecule has 1 fully saturated rings. The van der Waals surface area contributed by atoms with E-state index >= 15 is 0 Å². The van der Waals surface area contributed by atoms with E-state index in [4.69, 9.17) is 9.47 Å². The minimum Gasteiger partial charge on any atom is -0.356 e. The van der Waals surface area contributed by atoms with E-state index in [1.165, 1.54) is 12.3 Å². The minimum absolute atomic E-state index is 0.205. The summed E-state index contributed by atoms with van der Waals surface area (Å²) in [5.41, 5.74) is -0.200. The zero-order chi connectivity index (χ0) is 18.7. The summed E-state index contributed by atoms with van der Waals surface area (Å²) in [5.74, 6) is -0.313. The molecule has 0 saturated carbocycles. The van der Waals surface area contributed by atoms with Gasteiger partial charge in [0.15, 0.2) is 12.4 Å². The van der Waals surface area contributed by atoms with Crippen LogP contribution in [0.1, 0.15) is 32.1 Å². The van der Waals surface area contributed by atoms with Crippen LogP contribution in [0.3, 0.4) is 0 Å². The molecule has 0 amide bonds. The van der Waals surface area contributed by atoms with Gasteiger partial charge in [0.1, 0.15) is 6.73 Å². The quantitative estimate of drug-likeness (QED) is 0.792. The maximum Gasteiger partial charge on any atom is 0.335 e. The van der Waals surface area contributed by atoms with Gasteiger partial charge in [-0.2, -0.15) is 0 Å². The molecule has 0 radical (unpaired) electrons. The molecule has 0 spiro atoms. The van der Waals surface area contributed by atoms with Crippen molar-refractivity contribution in [1.29, 1.82) is 0 Å². The normalized spacial score (nSPS) is 25.5. The highest BCUT2D eigenvalue weighted by Crippen LogP contribution is 2.36. The Morgan fingerprint density at radius 1 is 1.19 bits per heavy atom. The van der Waals surface area contributed by atoms with E-state index in [2.05, 4.69) is 0 Å². The van der Waals surface area contributed by atoms with Crippen molar-refractivity contribution < 1.29 is 13.9 Å². The van der Waals surface area contributed by atoms with Crippen molar-refractivity contribution in [3.63, 3.8) is 0 Å². The maximum atomic E-state index is 14.6. The first-order chi connectivity index (χ1) is 12.5. The van der Waals surface area contributed by atoms with Gasteiger partial charge in [-0.1, -0.05) is 44.2 Å². The summed E-state index contributed by atoms with van der Waals surface area (Å²) in [5, 5.41) is 0. The summed E-state index contributed by atoms with van der Waals surface area (Å²) in [6, 6.07) is 10.7. The summed E-state index contributed by atoms with van der Waals surface area (Å²) in [6.45, 7) is 3.74.